The maximum absolute atomic E-state index is 14.0. The molecule has 7 nitrogen and oxygen atoms in total. The minimum absolute atomic E-state index is 0.0118. The van der Waals surface area contributed by atoms with Crippen molar-refractivity contribution in [2.24, 2.45) is 0 Å². The van der Waals surface area contributed by atoms with Gasteiger partial charge in [-0.15, -0.1) is 10.2 Å². The van der Waals surface area contributed by atoms with E-state index in [9.17, 15) is 14.0 Å². The molecular weight excluding hydrogens is 417 g/mol. The van der Waals surface area contributed by atoms with Crippen molar-refractivity contribution in [2.45, 2.75) is 19.0 Å². The fourth-order valence-corrected chi connectivity index (χ4v) is 3.35. The van der Waals surface area contributed by atoms with Crippen LogP contribution >= 0.6 is 23.4 Å². The molecule has 0 radical (unpaired) electrons. The van der Waals surface area contributed by atoms with E-state index in [4.69, 9.17) is 11.6 Å². The standard InChI is InChI=1S/C19H17ClFN5O2S/c1-11-3-5-14(8-15(11)20)26-10-22-25-19(26)29-9-18(28)24-17-7-13(23-12(2)27)4-6-16(17)21/h3-8,10H,9H2,1-2H3,(H,23,27)(H,24,28). The molecule has 0 bridgehead atoms. The van der Waals surface area contributed by atoms with Gasteiger partial charge in [0.1, 0.15) is 12.1 Å². The largest absolute Gasteiger partial charge is 0.326 e. The lowest BCUT2D eigenvalue weighted by atomic mass is 10.2. The fraction of sp³-hybridized carbons (Fsp3) is 0.158. The number of benzene rings is 2. The van der Waals surface area contributed by atoms with Crippen LogP contribution in [0.5, 0.6) is 0 Å². The average molecular weight is 434 g/mol. The Balaban J connectivity index is 1.67. The van der Waals surface area contributed by atoms with E-state index >= 15 is 0 Å². The Morgan fingerprint density at radius 1 is 1.21 bits per heavy atom. The summed E-state index contributed by atoms with van der Waals surface area (Å²) in [5.41, 5.74) is 2.08. The van der Waals surface area contributed by atoms with Gasteiger partial charge in [0.15, 0.2) is 5.16 Å². The fourth-order valence-electron chi connectivity index (χ4n) is 2.45. The molecule has 0 fully saturated rings. The Labute approximate surface area is 175 Å². The molecule has 1 heterocycles. The molecule has 150 valence electrons. The number of hydrogen-bond acceptors (Lipinski definition) is 5. The first-order valence-corrected chi connectivity index (χ1v) is 9.86. The number of hydrogen-bond donors (Lipinski definition) is 2. The van der Waals surface area contributed by atoms with Crippen LogP contribution in [0, 0.1) is 12.7 Å². The van der Waals surface area contributed by atoms with Gasteiger partial charge in [-0.05, 0) is 42.8 Å². The minimum Gasteiger partial charge on any atom is -0.326 e. The molecule has 1 aromatic heterocycles. The van der Waals surface area contributed by atoms with Gasteiger partial charge in [0.2, 0.25) is 11.8 Å². The average Bonchev–Trinajstić information content (AvgIpc) is 3.13. The van der Waals surface area contributed by atoms with Crippen LogP contribution in [0.1, 0.15) is 12.5 Å². The highest BCUT2D eigenvalue weighted by atomic mass is 35.5. The second-order valence-electron chi connectivity index (χ2n) is 6.13. The molecule has 0 unspecified atom stereocenters. The lowest BCUT2D eigenvalue weighted by Gasteiger charge is -2.10. The van der Waals surface area contributed by atoms with Crippen LogP contribution in [-0.2, 0) is 9.59 Å². The third-order valence-corrected chi connectivity index (χ3v) is 5.19. The van der Waals surface area contributed by atoms with Crippen molar-refractivity contribution in [1.29, 1.82) is 0 Å². The number of anilines is 2. The van der Waals surface area contributed by atoms with Crippen molar-refractivity contribution in [2.75, 3.05) is 16.4 Å². The van der Waals surface area contributed by atoms with Crippen molar-refractivity contribution in [3.05, 3.63) is 59.1 Å². The molecule has 2 N–H and O–H groups in total. The molecule has 0 aliphatic heterocycles. The zero-order chi connectivity index (χ0) is 21.0. The van der Waals surface area contributed by atoms with Crippen molar-refractivity contribution in [3.63, 3.8) is 0 Å². The molecule has 0 aliphatic carbocycles. The normalized spacial score (nSPS) is 10.6. The van der Waals surface area contributed by atoms with Gasteiger partial charge in [0.05, 0.1) is 17.1 Å². The molecule has 3 rings (SSSR count). The Hall–Kier alpha value is -2.91. The Morgan fingerprint density at radius 3 is 2.72 bits per heavy atom. The first kappa shape index (κ1) is 20.8. The smallest absolute Gasteiger partial charge is 0.234 e. The zero-order valence-electron chi connectivity index (χ0n) is 15.6. The molecule has 3 aromatic rings. The molecule has 0 saturated heterocycles. The number of carbonyl (C=O) groups excluding carboxylic acids is 2. The first-order chi connectivity index (χ1) is 13.8. The minimum atomic E-state index is -0.602. The van der Waals surface area contributed by atoms with Gasteiger partial charge in [0, 0.05) is 17.6 Å². The summed E-state index contributed by atoms with van der Waals surface area (Å²) in [6.45, 7) is 3.24. The van der Waals surface area contributed by atoms with E-state index < -0.39 is 11.7 Å². The Bertz CT molecular complexity index is 1070. The second kappa shape index (κ2) is 9.06. The van der Waals surface area contributed by atoms with Crippen molar-refractivity contribution >= 4 is 46.6 Å². The molecule has 0 atom stereocenters. The number of aromatic nitrogens is 3. The van der Waals surface area contributed by atoms with Crippen LogP contribution in [0.25, 0.3) is 5.69 Å². The van der Waals surface area contributed by atoms with Crippen molar-refractivity contribution in [1.82, 2.24) is 14.8 Å². The summed E-state index contributed by atoms with van der Waals surface area (Å²) < 4.78 is 15.7. The van der Waals surface area contributed by atoms with E-state index in [0.29, 0.717) is 15.9 Å². The van der Waals surface area contributed by atoms with E-state index in [2.05, 4.69) is 20.8 Å². The van der Waals surface area contributed by atoms with Gasteiger partial charge in [-0.3, -0.25) is 14.2 Å². The maximum Gasteiger partial charge on any atom is 0.234 e. The number of amides is 2. The predicted molar refractivity (Wildman–Crippen MR) is 111 cm³/mol. The highest BCUT2D eigenvalue weighted by Gasteiger charge is 2.13. The molecular formula is C19H17ClFN5O2S. The summed E-state index contributed by atoms with van der Waals surface area (Å²) >= 11 is 7.32. The number of rotatable bonds is 6. The number of aryl methyl sites for hydroxylation is 1. The third kappa shape index (κ3) is 5.33. The van der Waals surface area contributed by atoms with Crippen molar-refractivity contribution in [3.8, 4) is 5.69 Å². The van der Waals surface area contributed by atoms with Crippen LogP contribution in [0.4, 0.5) is 15.8 Å². The molecule has 29 heavy (non-hydrogen) atoms. The third-order valence-electron chi connectivity index (χ3n) is 3.84. The molecule has 0 aliphatic rings. The molecule has 2 aromatic carbocycles. The number of nitrogens with one attached hydrogen (secondary N) is 2. The van der Waals surface area contributed by atoms with Crippen LogP contribution in [0.2, 0.25) is 5.02 Å². The lowest BCUT2D eigenvalue weighted by Crippen LogP contribution is -2.16. The van der Waals surface area contributed by atoms with E-state index in [1.54, 1.807) is 10.6 Å². The van der Waals surface area contributed by atoms with Gasteiger partial charge in [-0.25, -0.2) is 4.39 Å². The van der Waals surface area contributed by atoms with Gasteiger partial charge < -0.3 is 10.6 Å². The topological polar surface area (TPSA) is 88.9 Å². The van der Waals surface area contributed by atoms with Crippen molar-refractivity contribution < 1.29 is 14.0 Å². The Kier molecular flexibility index (Phi) is 6.50. The first-order valence-electron chi connectivity index (χ1n) is 8.50. The molecule has 2 amide bonds. The van der Waals surface area contributed by atoms with Crippen LogP contribution in [0.3, 0.4) is 0 Å². The summed E-state index contributed by atoms with van der Waals surface area (Å²) in [5, 5.41) is 14.0. The number of nitrogens with zero attached hydrogens (tertiary/aromatic N) is 3. The quantitative estimate of drug-likeness (QED) is 0.572. The number of halogens is 2. The van der Waals surface area contributed by atoms with Gasteiger partial charge in [0.25, 0.3) is 0 Å². The van der Waals surface area contributed by atoms with Gasteiger partial charge >= 0.3 is 0 Å². The van der Waals surface area contributed by atoms with E-state index in [0.717, 1.165) is 23.0 Å². The van der Waals surface area contributed by atoms with E-state index in [-0.39, 0.29) is 17.3 Å². The van der Waals surface area contributed by atoms with Gasteiger partial charge in [-0.2, -0.15) is 0 Å². The monoisotopic (exact) mass is 433 g/mol. The lowest BCUT2D eigenvalue weighted by molar-refractivity contribution is -0.114. The second-order valence-corrected chi connectivity index (χ2v) is 7.48. The SMILES string of the molecule is CC(=O)Nc1ccc(F)c(NC(=O)CSc2nncn2-c2ccc(C)c(Cl)c2)c1. The molecule has 0 saturated carbocycles. The summed E-state index contributed by atoms with van der Waals surface area (Å²) in [7, 11) is 0. The van der Waals surface area contributed by atoms with E-state index in [1.807, 2.05) is 19.1 Å². The summed E-state index contributed by atoms with van der Waals surface area (Å²) in [4.78, 5) is 23.4. The molecule has 0 spiro atoms. The zero-order valence-corrected chi connectivity index (χ0v) is 17.1. The van der Waals surface area contributed by atoms with Crippen LogP contribution in [0.15, 0.2) is 47.9 Å². The predicted octanol–water partition coefficient (Wildman–Crippen LogP) is 4.06. The van der Waals surface area contributed by atoms with Gasteiger partial charge in [-0.1, -0.05) is 29.4 Å². The number of carbonyl (C=O) groups is 2. The Morgan fingerprint density at radius 2 is 2.00 bits per heavy atom. The van der Waals surface area contributed by atoms with Crippen LogP contribution < -0.4 is 10.6 Å². The summed E-state index contributed by atoms with van der Waals surface area (Å²) in [6.07, 6.45) is 1.53. The van der Waals surface area contributed by atoms with E-state index in [1.165, 1.54) is 31.5 Å². The summed E-state index contributed by atoms with van der Waals surface area (Å²) in [6, 6.07) is 9.48. The highest BCUT2D eigenvalue weighted by Crippen LogP contribution is 2.24. The summed E-state index contributed by atoms with van der Waals surface area (Å²) in [5.74, 6) is -1.33. The maximum atomic E-state index is 14.0. The highest BCUT2D eigenvalue weighted by molar-refractivity contribution is 7.99. The molecule has 10 heteroatoms. The van der Waals surface area contributed by atoms with Crippen LogP contribution in [-0.4, -0.2) is 32.3 Å². The number of thioether (sulfide) groups is 1.